The van der Waals surface area contributed by atoms with Gasteiger partial charge in [0, 0.05) is 9.13 Å². The van der Waals surface area contributed by atoms with Gasteiger partial charge in [-0.15, -0.1) is 11.6 Å². The Hall–Kier alpha value is -0.500. The average Bonchev–Trinajstić information content (AvgIpc) is 2.28. The Balaban J connectivity index is 3.15. The zero-order valence-corrected chi connectivity index (χ0v) is 11.8. The van der Waals surface area contributed by atoms with Crippen LogP contribution in [0.15, 0.2) is 6.07 Å². The van der Waals surface area contributed by atoms with Crippen molar-refractivity contribution in [3.8, 4) is 0 Å². The number of methoxy groups -OCH3 is 1. The number of rotatable bonds is 4. The largest absolute Gasteiger partial charge is 0.469 e. The summed E-state index contributed by atoms with van der Waals surface area (Å²) < 4.78 is 30.5. The van der Waals surface area contributed by atoms with Crippen molar-refractivity contribution in [2.24, 2.45) is 0 Å². The van der Waals surface area contributed by atoms with E-state index >= 15 is 0 Å². The van der Waals surface area contributed by atoms with Crippen LogP contribution in [0.25, 0.3) is 0 Å². The van der Waals surface area contributed by atoms with Crippen LogP contribution < -0.4 is 0 Å². The van der Waals surface area contributed by atoms with Gasteiger partial charge in [-0.2, -0.15) is 0 Å². The first-order chi connectivity index (χ1) is 7.99. The molecule has 1 aromatic heterocycles. The lowest BCUT2D eigenvalue weighted by Gasteiger charge is -2.10. The number of halogens is 4. The highest BCUT2D eigenvalue weighted by molar-refractivity contribution is 14.1. The Kier molecular flexibility index (Phi) is 5.51. The second-order valence-electron chi connectivity index (χ2n) is 3.15. The molecule has 1 heterocycles. The molecule has 0 atom stereocenters. The van der Waals surface area contributed by atoms with Gasteiger partial charge in [-0.3, -0.25) is 9.78 Å². The van der Waals surface area contributed by atoms with E-state index < -0.39 is 12.4 Å². The quantitative estimate of drug-likeness (QED) is 0.461. The van der Waals surface area contributed by atoms with Gasteiger partial charge in [0.15, 0.2) is 0 Å². The lowest BCUT2D eigenvalue weighted by Crippen LogP contribution is -2.10. The summed E-state index contributed by atoms with van der Waals surface area (Å²) in [4.78, 5) is 14.8. The van der Waals surface area contributed by atoms with E-state index in [2.05, 4.69) is 9.72 Å². The van der Waals surface area contributed by atoms with Gasteiger partial charge in [0.25, 0.3) is 6.43 Å². The van der Waals surface area contributed by atoms with E-state index in [1.165, 1.54) is 7.11 Å². The van der Waals surface area contributed by atoms with Gasteiger partial charge in [0.1, 0.15) is 5.69 Å². The third-order valence-corrected chi connectivity index (χ3v) is 3.28. The number of alkyl halides is 3. The van der Waals surface area contributed by atoms with Gasteiger partial charge in [0.05, 0.1) is 25.1 Å². The normalized spacial score (nSPS) is 10.7. The number of carbonyl (C=O) groups excluding carboxylic acids is 1. The van der Waals surface area contributed by atoms with Crippen molar-refractivity contribution in [2.45, 2.75) is 18.7 Å². The molecule has 0 saturated heterocycles. The molecule has 0 radical (unpaired) electrons. The van der Waals surface area contributed by atoms with Gasteiger partial charge in [-0.1, -0.05) is 0 Å². The van der Waals surface area contributed by atoms with E-state index in [1.54, 1.807) is 6.07 Å². The molecule has 0 aliphatic rings. The summed E-state index contributed by atoms with van der Waals surface area (Å²) in [5, 5.41) is 0. The molecule has 94 valence electrons. The number of nitrogens with zero attached hydrogens (tertiary/aromatic N) is 1. The molecule has 17 heavy (non-hydrogen) atoms. The molecule has 0 aromatic carbocycles. The van der Waals surface area contributed by atoms with Crippen LogP contribution in [0.3, 0.4) is 0 Å². The third kappa shape index (κ3) is 3.74. The predicted octanol–water partition coefficient (Wildman–Crippen LogP) is 3.08. The lowest BCUT2D eigenvalue weighted by molar-refractivity contribution is -0.139. The molecule has 3 nitrogen and oxygen atoms in total. The topological polar surface area (TPSA) is 39.2 Å². The van der Waals surface area contributed by atoms with Crippen LogP contribution in [0.1, 0.15) is 23.4 Å². The van der Waals surface area contributed by atoms with E-state index in [-0.39, 0.29) is 23.7 Å². The number of aromatic nitrogens is 1. The summed E-state index contributed by atoms with van der Waals surface area (Å²) in [6.07, 6.45) is -2.84. The molecule has 0 bridgehead atoms. The van der Waals surface area contributed by atoms with Gasteiger partial charge >= 0.3 is 5.97 Å². The van der Waals surface area contributed by atoms with Crippen molar-refractivity contribution in [1.82, 2.24) is 4.98 Å². The number of ether oxygens (including phenoxy) is 1. The molecular formula is C10H9ClF2INO2. The SMILES string of the molecule is COC(=O)Cc1cc(I)c(CCl)c(C(F)F)n1. The van der Waals surface area contributed by atoms with Crippen LogP contribution >= 0.6 is 34.2 Å². The van der Waals surface area contributed by atoms with Crippen molar-refractivity contribution in [2.75, 3.05) is 7.11 Å². The molecule has 0 saturated carbocycles. The van der Waals surface area contributed by atoms with Gasteiger partial charge in [-0.05, 0) is 28.7 Å². The van der Waals surface area contributed by atoms with E-state index in [1.807, 2.05) is 22.6 Å². The van der Waals surface area contributed by atoms with E-state index in [9.17, 15) is 13.6 Å². The summed E-state index contributed by atoms with van der Waals surface area (Å²) in [6.45, 7) is 0. The van der Waals surface area contributed by atoms with Crippen molar-refractivity contribution in [3.63, 3.8) is 0 Å². The molecule has 0 unspecified atom stereocenters. The van der Waals surface area contributed by atoms with Gasteiger partial charge in [0.2, 0.25) is 0 Å². The minimum absolute atomic E-state index is 0.0382. The highest BCUT2D eigenvalue weighted by Gasteiger charge is 2.19. The molecule has 1 aromatic rings. The Morgan fingerprint density at radius 1 is 1.65 bits per heavy atom. The first-order valence-electron chi connectivity index (χ1n) is 4.58. The van der Waals surface area contributed by atoms with Crippen LogP contribution in [0.5, 0.6) is 0 Å². The Morgan fingerprint density at radius 3 is 2.76 bits per heavy atom. The fraction of sp³-hybridized carbons (Fsp3) is 0.400. The fourth-order valence-electron chi connectivity index (χ4n) is 1.23. The Morgan fingerprint density at radius 2 is 2.29 bits per heavy atom. The summed E-state index contributed by atoms with van der Waals surface area (Å²) in [5.41, 5.74) is 0.187. The molecular weight excluding hydrogens is 366 g/mol. The molecule has 0 aliphatic carbocycles. The predicted molar refractivity (Wildman–Crippen MR) is 67.2 cm³/mol. The number of esters is 1. The van der Waals surface area contributed by atoms with Crippen LogP contribution in [0.4, 0.5) is 8.78 Å². The van der Waals surface area contributed by atoms with Crippen molar-refractivity contribution in [1.29, 1.82) is 0 Å². The first kappa shape index (κ1) is 14.6. The van der Waals surface area contributed by atoms with E-state index in [0.29, 0.717) is 9.13 Å². The Bertz CT molecular complexity index is 429. The van der Waals surface area contributed by atoms with Crippen molar-refractivity contribution < 1.29 is 18.3 Å². The second-order valence-corrected chi connectivity index (χ2v) is 4.58. The summed E-state index contributed by atoms with van der Waals surface area (Å²) in [7, 11) is 1.23. The maximum atomic E-state index is 12.8. The van der Waals surface area contributed by atoms with Crippen LogP contribution in [0.2, 0.25) is 0 Å². The molecule has 1 rings (SSSR count). The summed E-state index contributed by atoms with van der Waals surface area (Å²) in [6, 6.07) is 1.56. The molecule has 0 spiro atoms. The fourth-order valence-corrected chi connectivity index (χ4v) is 2.57. The zero-order valence-electron chi connectivity index (χ0n) is 8.84. The zero-order chi connectivity index (χ0) is 13.0. The molecule has 0 amide bonds. The third-order valence-electron chi connectivity index (χ3n) is 2.05. The average molecular weight is 376 g/mol. The van der Waals surface area contributed by atoms with Crippen molar-refractivity contribution in [3.05, 3.63) is 26.6 Å². The monoisotopic (exact) mass is 375 g/mol. The number of hydrogen-bond acceptors (Lipinski definition) is 3. The standard InChI is InChI=1S/C10H9ClF2INO2/c1-17-8(16)3-5-2-7(14)6(4-11)9(15-5)10(12)13/h2,10H,3-4H2,1H3. The summed E-state index contributed by atoms with van der Waals surface area (Å²) >= 11 is 7.49. The van der Waals surface area contributed by atoms with Crippen LogP contribution in [-0.2, 0) is 21.8 Å². The second kappa shape index (κ2) is 6.44. The highest BCUT2D eigenvalue weighted by atomic mass is 127. The van der Waals surface area contributed by atoms with Gasteiger partial charge in [-0.25, -0.2) is 8.78 Å². The maximum absolute atomic E-state index is 12.8. The van der Waals surface area contributed by atoms with E-state index in [4.69, 9.17) is 11.6 Å². The Labute approximate surface area is 116 Å². The van der Waals surface area contributed by atoms with Crippen molar-refractivity contribution >= 4 is 40.2 Å². The first-order valence-corrected chi connectivity index (χ1v) is 6.20. The maximum Gasteiger partial charge on any atom is 0.311 e. The van der Waals surface area contributed by atoms with Crippen LogP contribution in [-0.4, -0.2) is 18.1 Å². The number of hydrogen-bond donors (Lipinski definition) is 0. The smallest absolute Gasteiger partial charge is 0.311 e. The minimum atomic E-state index is -2.71. The van der Waals surface area contributed by atoms with Crippen LogP contribution in [0, 0.1) is 3.57 Å². The molecule has 7 heteroatoms. The number of carbonyl (C=O) groups is 1. The number of pyridine rings is 1. The lowest BCUT2D eigenvalue weighted by atomic mass is 10.1. The molecule has 0 fully saturated rings. The van der Waals surface area contributed by atoms with E-state index in [0.717, 1.165) is 0 Å². The molecule has 0 aliphatic heterocycles. The van der Waals surface area contributed by atoms with Gasteiger partial charge < -0.3 is 4.74 Å². The minimum Gasteiger partial charge on any atom is -0.469 e. The highest BCUT2D eigenvalue weighted by Crippen LogP contribution is 2.27. The summed E-state index contributed by atoms with van der Waals surface area (Å²) in [5.74, 6) is -0.559. The molecule has 0 N–H and O–H groups in total.